The number of carbonyl (C=O) groups is 2. The molecule has 0 saturated carbocycles. The number of carbonyl (C=O) groups excluding carboxylic acids is 2. The number of aromatic nitrogens is 2. The number of benzene rings is 1. The molecular weight excluding hydrogens is 272 g/mol. The molecule has 0 aliphatic heterocycles. The van der Waals surface area contributed by atoms with Crippen LogP contribution in [0.3, 0.4) is 0 Å². The van der Waals surface area contributed by atoms with Gasteiger partial charge in [-0.15, -0.1) is 0 Å². The van der Waals surface area contributed by atoms with E-state index in [1.165, 1.54) is 18.0 Å². The van der Waals surface area contributed by atoms with Gasteiger partial charge in [-0.3, -0.25) is 14.3 Å². The summed E-state index contributed by atoms with van der Waals surface area (Å²) in [6.45, 7) is 1.78. The second-order valence-electron chi connectivity index (χ2n) is 4.48. The van der Waals surface area contributed by atoms with Gasteiger partial charge in [0, 0.05) is 18.2 Å². The normalized spacial score (nSPS) is 10.2. The molecule has 2 aromatic rings. The highest BCUT2D eigenvalue weighted by Crippen LogP contribution is 2.22. The summed E-state index contributed by atoms with van der Waals surface area (Å²) in [5.74, 6) is -0.404. The zero-order valence-corrected chi connectivity index (χ0v) is 12.0. The van der Waals surface area contributed by atoms with E-state index >= 15 is 0 Å². The van der Waals surface area contributed by atoms with Crippen LogP contribution in [0.1, 0.15) is 26.4 Å². The molecule has 110 valence electrons. The Balaban J connectivity index is 2.33. The number of amides is 2. The van der Waals surface area contributed by atoms with Crippen molar-refractivity contribution in [3.05, 3.63) is 41.2 Å². The Kier molecular flexibility index (Phi) is 3.93. The van der Waals surface area contributed by atoms with E-state index in [4.69, 9.17) is 10.5 Å². The predicted octanol–water partition coefficient (Wildman–Crippen LogP) is 1.09. The summed E-state index contributed by atoms with van der Waals surface area (Å²) in [5.41, 5.74) is 6.86. The zero-order chi connectivity index (χ0) is 15.6. The minimum Gasteiger partial charge on any atom is -0.496 e. The van der Waals surface area contributed by atoms with Crippen LogP contribution >= 0.6 is 0 Å². The van der Waals surface area contributed by atoms with Crippen molar-refractivity contribution in [1.29, 1.82) is 0 Å². The van der Waals surface area contributed by atoms with E-state index < -0.39 is 5.91 Å². The number of hydrogen-bond donors (Lipinski definition) is 2. The van der Waals surface area contributed by atoms with Crippen LogP contribution in [-0.4, -0.2) is 28.7 Å². The molecule has 0 aliphatic rings. The summed E-state index contributed by atoms with van der Waals surface area (Å²) in [6, 6.07) is 5.16. The summed E-state index contributed by atoms with van der Waals surface area (Å²) < 4.78 is 6.50. The molecule has 0 bridgehead atoms. The van der Waals surface area contributed by atoms with E-state index in [1.807, 2.05) is 0 Å². The van der Waals surface area contributed by atoms with Gasteiger partial charge in [-0.2, -0.15) is 5.10 Å². The minimum atomic E-state index is -0.660. The highest BCUT2D eigenvalue weighted by atomic mass is 16.5. The standard InChI is InChI=1S/C14H16N4O3/c1-8-9(5-4-6-11(8)21-3)14(20)17-10-7-16-18(2)12(10)13(15)19/h4-7H,1-3H3,(H2,15,19)(H,17,20). The molecule has 0 fully saturated rings. The molecule has 2 amide bonds. The molecule has 3 N–H and O–H groups in total. The third-order valence-corrected chi connectivity index (χ3v) is 3.17. The summed E-state index contributed by atoms with van der Waals surface area (Å²) in [4.78, 5) is 23.7. The Labute approximate surface area is 121 Å². The number of nitrogens with two attached hydrogens (primary N) is 1. The SMILES string of the molecule is COc1cccc(C(=O)Nc2cnn(C)c2C(N)=O)c1C. The van der Waals surface area contributed by atoms with Crippen LogP contribution in [0.15, 0.2) is 24.4 Å². The lowest BCUT2D eigenvalue weighted by Gasteiger charge is -2.10. The quantitative estimate of drug-likeness (QED) is 0.879. The molecule has 0 unspecified atom stereocenters. The van der Waals surface area contributed by atoms with Crippen molar-refractivity contribution in [3.63, 3.8) is 0 Å². The predicted molar refractivity (Wildman–Crippen MR) is 77.4 cm³/mol. The van der Waals surface area contributed by atoms with Gasteiger partial charge >= 0.3 is 0 Å². The van der Waals surface area contributed by atoms with Crippen molar-refractivity contribution >= 4 is 17.5 Å². The summed E-state index contributed by atoms with van der Waals surface area (Å²) in [7, 11) is 3.11. The van der Waals surface area contributed by atoms with Crippen molar-refractivity contribution < 1.29 is 14.3 Å². The molecule has 2 rings (SSSR count). The number of anilines is 1. The smallest absolute Gasteiger partial charge is 0.269 e. The fourth-order valence-electron chi connectivity index (χ4n) is 2.09. The van der Waals surface area contributed by atoms with Crippen molar-refractivity contribution in [2.24, 2.45) is 12.8 Å². The zero-order valence-electron chi connectivity index (χ0n) is 12.0. The Morgan fingerprint density at radius 1 is 1.38 bits per heavy atom. The Morgan fingerprint density at radius 2 is 2.10 bits per heavy atom. The number of methoxy groups -OCH3 is 1. The molecule has 1 aromatic heterocycles. The van der Waals surface area contributed by atoms with Gasteiger partial charge in [0.1, 0.15) is 11.4 Å². The molecule has 0 aliphatic carbocycles. The lowest BCUT2D eigenvalue weighted by Crippen LogP contribution is -2.20. The van der Waals surface area contributed by atoms with Gasteiger partial charge in [0.25, 0.3) is 11.8 Å². The summed E-state index contributed by atoms with van der Waals surface area (Å²) in [6.07, 6.45) is 1.38. The van der Waals surface area contributed by atoms with Gasteiger partial charge in [-0.25, -0.2) is 0 Å². The molecule has 0 atom stereocenters. The van der Waals surface area contributed by atoms with Crippen LogP contribution < -0.4 is 15.8 Å². The number of ether oxygens (including phenoxy) is 1. The van der Waals surface area contributed by atoms with Crippen LogP contribution in [0.4, 0.5) is 5.69 Å². The second-order valence-corrected chi connectivity index (χ2v) is 4.48. The summed E-state index contributed by atoms with van der Waals surface area (Å²) in [5, 5.41) is 6.56. The Morgan fingerprint density at radius 3 is 2.71 bits per heavy atom. The Bertz CT molecular complexity index is 706. The van der Waals surface area contributed by atoms with E-state index in [-0.39, 0.29) is 17.3 Å². The number of nitrogens with zero attached hydrogens (tertiary/aromatic N) is 2. The minimum absolute atomic E-state index is 0.142. The number of nitrogens with one attached hydrogen (secondary N) is 1. The highest BCUT2D eigenvalue weighted by Gasteiger charge is 2.18. The molecule has 7 nitrogen and oxygen atoms in total. The first-order valence-corrected chi connectivity index (χ1v) is 6.22. The number of primary amides is 1. The highest BCUT2D eigenvalue weighted by molar-refractivity contribution is 6.08. The number of aryl methyl sites for hydroxylation is 1. The van der Waals surface area contributed by atoms with Gasteiger partial charge in [0.05, 0.1) is 19.0 Å². The second kappa shape index (κ2) is 5.66. The fraction of sp³-hybridized carbons (Fsp3) is 0.214. The van der Waals surface area contributed by atoms with Gasteiger partial charge in [0.2, 0.25) is 0 Å². The molecule has 0 spiro atoms. The molecular formula is C14H16N4O3. The topological polar surface area (TPSA) is 99.2 Å². The maximum atomic E-state index is 12.3. The van der Waals surface area contributed by atoms with E-state index in [1.54, 1.807) is 32.2 Å². The molecule has 1 aromatic carbocycles. The van der Waals surface area contributed by atoms with Crippen LogP contribution in [0, 0.1) is 6.92 Å². The molecule has 21 heavy (non-hydrogen) atoms. The third-order valence-electron chi connectivity index (χ3n) is 3.17. The molecule has 7 heteroatoms. The largest absolute Gasteiger partial charge is 0.496 e. The monoisotopic (exact) mass is 288 g/mol. The first-order valence-electron chi connectivity index (χ1n) is 6.22. The van der Waals surface area contributed by atoms with E-state index in [0.717, 1.165) is 0 Å². The first kappa shape index (κ1) is 14.6. The lowest BCUT2D eigenvalue weighted by molar-refractivity contribution is 0.0992. The van der Waals surface area contributed by atoms with Crippen LogP contribution in [0.2, 0.25) is 0 Å². The summed E-state index contributed by atoms with van der Waals surface area (Å²) >= 11 is 0. The van der Waals surface area contributed by atoms with E-state index in [0.29, 0.717) is 16.9 Å². The van der Waals surface area contributed by atoms with E-state index in [9.17, 15) is 9.59 Å². The van der Waals surface area contributed by atoms with Crippen LogP contribution in [-0.2, 0) is 7.05 Å². The first-order chi connectivity index (χ1) is 9.95. The van der Waals surface area contributed by atoms with Gasteiger partial charge in [-0.05, 0) is 19.1 Å². The Hall–Kier alpha value is -2.83. The third kappa shape index (κ3) is 2.71. The van der Waals surface area contributed by atoms with Crippen molar-refractivity contribution in [1.82, 2.24) is 9.78 Å². The fourth-order valence-corrected chi connectivity index (χ4v) is 2.09. The number of hydrogen-bond acceptors (Lipinski definition) is 4. The van der Waals surface area contributed by atoms with Crippen LogP contribution in [0.25, 0.3) is 0 Å². The average Bonchev–Trinajstić information content (AvgIpc) is 2.79. The number of rotatable bonds is 4. The maximum Gasteiger partial charge on any atom is 0.269 e. The van der Waals surface area contributed by atoms with E-state index in [2.05, 4.69) is 10.4 Å². The lowest BCUT2D eigenvalue weighted by atomic mass is 10.1. The van der Waals surface area contributed by atoms with Crippen molar-refractivity contribution in [2.45, 2.75) is 6.92 Å². The molecule has 1 heterocycles. The van der Waals surface area contributed by atoms with Gasteiger partial charge in [-0.1, -0.05) is 6.07 Å². The van der Waals surface area contributed by atoms with Crippen molar-refractivity contribution in [2.75, 3.05) is 12.4 Å². The van der Waals surface area contributed by atoms with Crippen LogP contribution in [0.5, 0.6) is 5.75 Å². The van der Waals surface area contributed by atoms with Crippen molar-refractivity contribution in [3.8, 4) is 5.75 Å². The maximum absolute atomic E-state index is 12.3. The van der Waals surface area contributed by atoms with Gasteiger partial charge < -0.3 is 15.8 Å². The average molecular weight is 288 g/mol. The molecule has 0 radical (unpaired) electrons. The molecule has 0 saturated heterocycles. The van der Waals surface area contributed by atoms with Gasteiger partial charge in [0.15, 0.2) is 0 Å².